The second-order valence-electron chi connectivity index (χ2n) is 3.52. The normalized spacial score (nSPS) is 12.2. The van der Waals surface area contributed by atoms with E-state index in [1.807, 2.05) is 0 Å². The number of aryl methyl sites for hydroxylation is 2. The van der Waals surface area contributed by atoms with E-state index >= 15 is 0 Å². The maximum absolute atomic E-state index is 11.8. The summed E-state index contributed by atoms with van der Waals surface area (Å²) in [5.74, 6) is -1.62. The molecule has 7 heteroatoms. The molecule has 0 spiro atoms. The third kappa shape index (κ3) is 3.50. The van der Waals surface area contributed by atoms with Gasteiger partial charge in [-0.3, -0.25) is 4.79 Å². The van der Waals surface area contributed by atoms with Crippen molar-refractivity contribution in [3.05, 3.63) is 15.6 Å². The van der Waals surface area contributed by atoms with Crippen molar-refractivity contribution in [3.63, 3.8) is 0 Å². The van der Waals surface area contributed by atoms with E-state index in [1.54, 1.807) is 13.8 Å². The molecule has 0 fully saturated rings. The van der Waals surface area contributed by atoms with Crippen molar-refractivity contribution >= 4 is 23.2 Å². The van der Waals surface area contributed by atoms with Crippen molar-refractivity contribution in [1.82, 2.24) is 10.3 Å². The predicted octanol–water partition coefficient (Wildman–Crippen LogP) is 0.325. The minimum atomic E-state index is -1.16. The number of hydrogen-bond acceptors (Lipinski definition) is 5. The zero-order chi connectivity index (χ0) is 13.0. The molecule has 0 aliphatic heterocycles. The fourth-order valence-electron chi connectivity index (χ4n) is 1.35. The van der Waals surface area contributed by atoms with E-state index in [-0.39, 0.29) is 13.0 Å². The molecule has 0 radical (unpaired) electrons. The molecule has 6 nitrogen and oxygen atoms in total. The number of carboxylic acid groups (broad SMARTS) is 1. The van der Waals surface area contributed by atoms with E-state index in [0.717, 1.165) is 5.01 Å². The largest absolute Gasteiger partial charge is 0.480 e. The summed E-state index contributed by atoms with van der Waals surface area (Å²) in [5.41, 5.74) is 0.582. The number of aliphatic hydroxyl groups is 1. The SMILES string of the molecule is Cc1nc(C)c(C(=O)N[C@@H](CCO)C(=O)O)s1. The van der Waals surface area contributed by atoms with Gasteiger partial charge in [-0.1, -0.05) is 0 Å². The zero-order valence-corrected chi connectivity index (χ0v) is 10.4. The summed E-state index contributed by atoms with van der Waals surface area (Å²) in [5, 5.41) is 20.7. The lowest BCUT2D eigenvalue weighted by Gasteiger charge is -2.12. The van der Waals surface area contributed by atoms with E-state index in [2.05, 4.69) is 10.3 Å². The molecule has 1 heterocycles. The minimum absolute atomic E-state index is 0.0160. The van der Waals surface area contributed by atoms with E-state index in [9.17, 15) is 9.59 Å². The van der Waals surface area contributed by atoms with E-state index in [4.69, 9.17) is 10.2 Å². The second-order valence-corrected chi connectivity index (χ2v) is 4.73. The summed E-state index contributed by atoms with van der Waals surface area (Å²) in [6.45, 7) is 3.18. The van der Waals surface area contributed by atoms with Crippen molar-refractivity contribution < 1.29 is 19.8 Å². The van der Waals surface area contributed by atoms with Gasteiger partial charge >= 0.3 is 5.97 Å². The van der Waals surface area contributed by atoms with Crippen LogP contribution in [0, 0.1) is 13.8 Å². The Kier molecular flexibility index (Phi) is 4.59. The van der Waals surface area contributed by atoms with Gasteiger partial charge in [0.25, 0.3) is 5.91 Å². The van der Waals surface area contributed by atoms with Crippen LogP contribution in [-0.2, 0) is 4.79 Å². The lowest BCUT2D eigenvalue weighted by molar-refractivity contribution is -0.139. The van der Waals surface area contributed by atoms with Crippen LogP contribution in [0.3, 0.4) is 0 Å². The molecule has 0 bridgehead atoms. The number of aliphatic carboxylic acids is 1. The molecule has 0 aliphatic carbocycles. The summed E-state index contributed by atoms with van der Waals surface area (Å²) in [6.07, 6.45) is -0.0160. The molecule has 0 aliphatic rings. The molecule has 0 saturated carbocycles. The minimum Gasteiger partial charge on any atom is -0.480 e. The number of hydrogen-bond donors (Lipinski definition) is 3. The molecule has 1 amide bonds. The highest BCUT2D eigenvalue weighted by molar-refractivity contribution is 7.13. The van der Waals surface area contributed by atoms with Crippen LogP contribution in [0.4, 0.5) is 0 Å². The highest BCUT2D eigenvalue weighted by Crippen LogP contribution is 2.17. The molecule has 94 valence electrons. The topological polar surface area (TPSA) is 99.5 Å². The fraction of sp³-hybridized carbons (Fsp3) is 0.500. The van der Waals surface area contributed by atoms with Gasteiger partial charge in [-0.25, -0.2) is 9.78 Å². The van der Waals surface area contributed by atoms with Gasteiger partial charge in [-0.05, 0) is 13.8 Å². The fourth-order valence-corrected chi connectivity index (χ4v) is 2.18. The summed E-state index contributed by atoms with van der Waals surface area (Å²) < 4.78 is 0. The summed E-state index contributed by atoms with van der Waals surface area (Å²) in [6, 6.07) is -1.07. The lowest BCUT2D eigenvalue weighted by Crippen LogP contribution is -2.41. The first-order valence-corrected chi connectivity index (χ1v) is 5.86. The average Bonchev–Trinajstić information content (AvgIpc) is 2.57. The Morgan fingerprint density at radius 1 is 1.47 bits per heavy atom. The first-order chi connectivity index (χ1) is 7.95. The van der Waals surface area contributed by atoms with Gasteiger partial charge in [0.1, 0.15) is 10.9 Å². The van der Waals surface area contributed by atoms with Crippen LogP contribution in [0.15, 0.2) is 0 Å². The van der Waals surface area contributed by atoms with Crippen LogP contribution in [0.2, 0.25) is 0 Å². The molecule has 3 N–H and O–H groups in total. The molecule has 1 aromatic heterocycles. The number of carbonyl (C=O) groups excluding carboxylic acids is 1. The van der Waals surface area contributed by atoms with Crippen LogP contribution in [0.25, 0.3) is 0 Å². The van der Waals surface area contributed by atoms with Crippen molar-refractivity contribution in [2.75, 3.05) is 6.61 Å². The van der Waals surface area contributed by atoms with Gasteiger partial charge in [0, 0.05) is 13.0 Å². The average molecular weight is 258 g/mol. The Labute approximate surface area is 102 Å². The van der Waals surface area contributed by atoms with Crippen LogP contribution < -0.4 is 5.32 Å². The maximum Gasteiger partial charge on any atom is 0.326 e. The number of thiazole rings is 1. The molecular formula is C10H14N2O4S. The van der Waals surface area contributed by atoms with Gasteiger partial charge in [0.2, 0.25) is 0 Å². The molecular weight excluding hydrogens is 244 g/mol. The molecule has 17 heavy (non-hydrogen) atoms. The standard InChI is InChI=1S/C10H14N2O4S/c1-5-8(17-6(2)11-5)9(14)12-7(3-4-13)10(15)16/h7,13H,3-4H2,1-2H3,(H,12,14)(H,15,16)/t7-/m0/s1. The molecule has 0 unspecified atom stereocenters. The predicted molar refractivity (Wildman–Crippen MR) is 62.2 cm³/mol. The summed E-state index contributed by atoms with van der Waals surface area (Å²) in [7, 11) is 0. The third-order valence-corrected chi connectivity index (χ3v) is 3.20. The smallest absolute Gasteiger partial charge is 0.326 e. The van der Waals surface area contributed by atoms with Crippen molar-refractivity contribution in [2.45, 2.75) is 26.3 Å². The third-order valence-electron chi connectivity index (χ3n) is 2.13. The Bertz CT molecular complexity index is 430. The number of nitrogens with one attached hydrogen (secondary N) is 1. The van der Waals surface area contributed by atoms with Crippen molar-refractivity contribution in [3.8, 4) is 0 Å². The molecule has 1 aromatic rings. The van der Waals surface area contributed by atoms with Crippen LogP contribution in [0.5, 0.6) is 0 Å². The second kappa shape index (κ2) is 5.74. The van der Waals surface area contributed by atoms with Crippen LogP contribution in [0.1, 0.15) is 26.8 Å². The van der Waals surface area contributed by atoms with Gasteiger partial charge in [-0.2, -0.15) is 0 Å². The van der Waals surface area contributed by atoms with E-state index in [0.29, 0.717) is 10.6 Å². The number of nitrogens with zero attached hydrogens (tertiary/aromatic N) is 1. The number of carbonyl (C=O) groups is 2. The number of aromatic nitrogens is 1. The quantitative estimate of drug-likeness (QED) is 0.706. The van der Waals surface area contributed by atoms with Crippen LogP contribution in [-0.4, -0.2) is 39.7 Å². The molecule has 0 saturated heterocycles. The first kappa shape index (κ1) is 13.6. The molecule has 0 aromatic carbocycles. The molecule has 1 atom stereocenters. The van der Waals surface area contributed by atoms with Gasteiger partial charge in [0.15, 0.2) is 0 Å². The highest BCUT2D eigenvalue weighted by Gasteiger charge is 2.22. The first-order valence-electron chi connectivity index (χ1n) is 5.04. The van der Waals surface area contributed by atoms with Gasteiger partial charge in [-0.15, -0.1) is 11.3 Å². The number of rotatable bonds is 5. The molecule has 1 rings (SSSR count). The van der Waals surface area contributed by atoms with Crippen molar-refractivity contribution in [2.24, 2.45) is 0 Å². The Balaban J connectivity index is 2.77. The summed E-state index contributed by atoms with van der Waals surface area (Å²) >= 11 is 1.22. The Morgan fingerprint density at radius 2 is 2.12 bits per heavy atom. The Morgan fingerprint density at radius 3 is 2.53 bits per heavy atom. The van der Waals surface area contributed by atoms with E-state index < -0.39 is 17.9 Å². The highest BCUT2D eigenvalue weighted by atomic mass is 32.1. The van der Waals surface area contributed by atoms with E-state index in [1.165, 1.54) is 11.3 Å². The zero-order valence-electron chi connectivity index (χ0n) is 9.56. The van der Waals surface area contributed by atoms with Crippen LogP contribution >= 0.6 is 11.3 Å². The number of amides is 1. The Hall–Kier alpha value is -1.47. The maximum atomic E-state index is 11.8. The lowest BCUT2D eigenvalue weighted by atomic mass is 10.2. The van der Waals surface area contributed by atoms with Gasteiger partial charge in [0.05, 0.1) is 10.7 Å². The van der Waals surface area contributed by atoms with Gasteiger partial charge < -0.3 is 15.5 Å². The summed E-state index contributed by atoms with van der Waals surface area (Å²) in [4.78, 5) is 27.1. The number of carboxylic acids is 1. The monoisotopic (exact) mass is 258 g/mol. The van der Waals surface area contributed by atoms with Crippen molar-refractivity contribution in [1.29, 1.82) is 0 Å². The number of aliphatic hydroxyl groups excluding tert-OH is 1.